The molecule has 1 aromatic carbocycles. The number of nitriles is 1. The van der Waals surface area contributed by atoms with Crippen LogP contribution in [0, 0.1) is 11.3 Å². The van der Waals surface area contributed by atoms with Gasteiger partial charge < -0.3 is 24.7 Å². The third-order valence-corrected chi connectivity index (χ3v) is 4.39. The van der Waals surface area contributed by atoms with Gasteiger partial charge in [-0.05, 0) is 31.5 Å². The molecule has 0 unspecified atom stereocenters. The molecule has 0 spiro atoms. The summed E-state index contributed by atoms with van der Waals surface area (Å²) in [6, 6.07) is 8.16. The number of nitrogens with two attached hydrogens (primary N) is 1. The normalized spacial score (nSPS) is 15.5. The summed E-state index contributed by atoms with van der Waals surface area (Å²) < 4.78 is 20.2. The monoisotopic (exact) mass is 426 g/mol. The Hall–Kier alpha value is -4.06. The van der Waals surface area contributed by atoms with Gasteiger partial charge in [-0.1, -0.05) is 18.7 Å². The van der Waals surface area contributed by atoms with Crippen molar-refractivity contribution in [2.24, 2.45) is 5.73 Å². The van der Waals surface area contributed by atoms with Gasteiger partial charge in [0.1, 0.15) is 30.6 Å². The highest BCUT2D eigenvalue weighted by Gasteiger charge is 2.36. The third-order valence-electron chi connectivity index (χ3n) is 4.39. The van der Waals surface area contributed by atoms with Crippen molar-refractivity contribution >= 4 is 17.9 Å². The van der Waals surface area contributed by atoms with Crippen molar-refractivity contribution in [3.8, 4) is 6.07 Å². The molecule has 9 nitrogen and oxygen atoms in total. The summed E-state index contributed by atoms with van der Waals surface area (Å²) >= 11 is 0. The molecule has 2 N–H and O–H groups in total. The van der Waals surface area contributed by atoms with Gasteiger partial charge in [0.05, 0.1) is 24.2 Å². The zero-order valence-electron chi connectivity index (χ0n) is 17.4. The largest absolute Gasteiger partial charge is 0.465 e. The molecule has 0 aliphatic carbocycles. The maximum absolute atomic E-state index is 12.8. The topological polar surface area (TPSA) is 138 Å². The highest BCUT2D eigenvalue weighted by atomic mass is 16.6. The number of benzene rings is 1. The number of allylic oxidation sites excluding steroid dienone is 2. The average Bonchev–Trinajstić information content (AvgIpc) is 2.75. The SMILES string of the molecule is C=C(C)C(=O)OCCOC(=O)C1=C(C)OC(N)=C(C#N)[C@H]1c1ccc(C(=O)OC)cc1. The van der Waals surface area contributed by atoms with E-state index in [0.29, 0.717) is 11.1 Å². The molecule has 1 aliphatic heterocycles. The number of hydrogen-bond acceptors (Lipinski definition) is 9. The van der Waals surface area contributed by atoms with E-state index in [1.807, 2.05) is 6.07 Å². The van der Waals surface area contributed by atoms with Crippen molar-refractivity contribution < 1.29 is 33.3 Å². The highest BCUT2D eigenvalue weighted by molar-refractivity contribution is 5.93. The van der Waals surface area contributed by atoms with Gasteiger partial charge >= 0.3 is 17.9 Å². The zero-order chi connectivity index (χ0) is 23.1. The summed E-state index contributed by atoms with van der Waals surface area (Å²) in [5.74, 6) is -2.71. The van der Waals surface area contributed by atoms with Crippen molar-refractivity contribution in [3.05, 3.63) is 70.3 Å². The predicted octanol–water partition coefficient (Wildman–Crippen LogP) is 2.22. The van der Waals surface area contributed by atoms with Crippen LogP contribution < -0.4 is 5.73 Å². The lowest BCUT2D eigenvalue weighted by Crippen LogP contribution is -2.26. The zero-order valence-corrected chi connectivity index (χ0v) is 17.4. The molecule has 162 valence electrons. The van der Waals surface area contributed by atoms with E-state index in [1.165, 1.54) is 33.1 Å². The molecule has 0 saturated heterocycles. The first-order valence-electron chi connectivity index (χ1n) is 9.17. The maximum atomic E-state index is 12.8. The molecular weight excluding hydrogens is 404 g/mol. The lowest BCUT2D eigenvalue weighted by molar-refractivity contribution is -0.147. The van der Waals surface area contributed by atoms with Crippen molar-refractivity contribution in [3.63, 3.8) is 0 Å². The second-order valence-electron chi connectivity index (χ2n) is 6.56. The molecule has 1 aliphatic rings. The Kier molecular flexibility index (Phi) is 7.58. The van der Waals surface area contributed by atoms with Crippen LogP contribution in [-0.2, 0) is 28.5 Å². The Balaban J connectivity index is 2.29. The van der Waals surface area contributed by atoms with Crippen LogP contribution >= 0.6 is 0 Å². The summed E-state index contributed by atoms with van der Waals surface area (Å²) in [4.78, 5) is 35.9. The smallest absolute Gasteiger partial charge is 0.338 e. The predicted molar refractivity (Wildman–Crippen MR) is 108 cm³/mol. The number of carbonyl (C=O) groups is 3. The minimum atomic E-state index is -0.865. The molecule has 1 aromatic rings. The average molecular weight is 426 g/mol. The van der Waals surface area contributed by atoms with Gasteiger partial charge in [0.2, 0.25) is 5.88 Å². The van der Waals surface area contributed by atoms with Crippen molar-refractivity contribution in [1.29, 1.82) is 5.26 Å². The molecule has 0 aromatic heterocycles. The van der Waals surface area contributed by atoms with Crippen molar-refractivity contribution in [2.45, 2.75) is 19.8 Å². The van der Waals surface area contributed by atoms with E-state index in [4.69, 9.17) is 19.9 Å². The molecule has 0 saturated carbocycles. The van der Waals surface area contributed by atoms with Gasteiger partial charge in [0.25, 0.3) is 0 Å². The molecule has 1 heterocycles. The number of esters is 3. The number of ether oxygens (including phenoxy) is 4. The molecule has 9 heteroatoms. The van der Waals surface area contributed by atoms with Crippen LogP contribution in [0.5, 0.6) is 0 Å². The first-order chi connectivity index (χ1) is 14.7. The van der Waals surface area contributed by atoms with Crippen LogP contribution in [0.15, 0.2) is 59.2 Å². The van der Waals surface area contributed by atoms with E-state index < -0.39 is 23.8 Å². The molecular formula is C22H22N2O7. The van der Waals surface area contributed by atoms with E-state index in [0.717, 1.165) is 0 Å². The van der Waals surface area contributed by atoms with E-state index >= 15 is 0 Å². The van der Waals surface area contributed by atoms with Gasteiger partial charge in [0, 0.05) is 5.57 Å². The third kappa shape index (κ3) is 5.30. The number of carbonyl (C=O) groups excluding carboxylic acids is 3. The summed E-state index contributed by atoms with van der Waals surface area (Å²) in [6.07, 6.45) is 0. The van der Waals surface area contributed by atoms with Crippen molar-refractivity contribution in [2.75, 3.05) is 20.3 Å². The summed E-state index contributed by atoms with van der Waals surface area (Å²) in [6.45, 7) is 6.12. The lowest BCUT2D eigenvalue weighted by Gasteiger charge is -2.27. The van der Waals surface area contributed by atoms with Gasteiger partial charge in [-0.25, -0.2) is 14.4 Å². The number of nitrogens with zero attached hydrogens (tertiary/aromatic N) is 1. The van der Waals surface area contributed by atoms with Crippen LogP contribution in [0.3, 0.4) is 0 Å². The van der Waals surface area contributed by atoms with Gasteiger partial charge in [0.15, 0.2) is 0 Å². The van der Waals surface area contributed by atoms with E-state index in [-0.39, 0.29) is 41.6 Å². The Morgan fingerprint density at radius 2 is 1.77 bits per heavy atom. The van der Waals surface area contributed by atoms with Crippen LogP contribution in [0.25, 0.3) is 0 Å². The molecule has 31 heavy (non-hydrogen) atoms. The quantitative estimate of drug-likeness (QED) is 0.301. The van der Waals surface area contributed by atoms with E-state index in [2.05, 4.69) is 11.3 Å². The Morgan fingerprint density at radius 1 is 1.16 bits per heavy atom. The van der Waals surface area contributed by atoms with Gasteiger partial charge in [-0.3, -0.25) is 0 Å². The molecule has 0 amide bonds. The number of methoxy groups -OCH3 is 1. The maximum Gasteiger partial charge on any atom is 0.338 e. The second-order valence-corrected chi connectivity index (χ2v) is 6.56. The van der Waals surface area contributed by atoms with E-state index in [9.17, 15) is 19.6 Å². The molecule has 2 rings (SSSR count). The molecule has 1 atom stereocenters. The first-order valence-corrected chi connectivity index (χ1v) is 9.17. The summed E-state index contributed by atoms with van der Waals surface area (Å²) in [5, 5.41) is 9.60. The first kappa shape index (κ1) is 23.2. The van der Waals surface area contributed by atoms with Gasteiger partial charge in [-0.15, -0.1) is 0 Å². The van der Waals surface area contributed by atoms with Gasteiger partial charge in [-0.2, -0.15) is 5.26 Å². The number of hydrogen-bond donors (Lipinski definition) is 1. The van der Waals surface area contributed by atoms with Crippen LogP contribution in [-0.4, -0.2) is 38.2 Å². The Labute approximate surface area is 179 Å². The second kappa shape index (κ2) is 10.1. The van der Waals surface area contributed by atoms with Crippen LogP contribution in [0.1, 0.15) is 35.7 Å². The highest BCUT2D eigenvalue weighted by Crippen LogP contribution is 2.39. The minimum absolute atomic E-state index is 0.0251. The standard InChI is InChI=1S/C22H22N2O7/c1-12(2)20(25)29-9-10-30-22(27)17-13(3)31-19(24)16(11-23)18(17)14-5-7-15(8-6-14)21(26)28-4/h5-8,18H,1,9-10,24H2,2-4H3/t18-/m1/s1. The Bertz CT molecular complexity index is 1010. The fraction of sp³-hybridized carbons (Fsp3) is 0.273. The lowest BCUT2D eigenvalue weighted by atomic mass is 9.83. The minimum Gasteiger partial charge on any atom is -0.465 e. The fourth-order valence-electron chi connectivity index (χ4n) is 2.88. The Morgan fingerprint density at radius 3 is 2.32 bits per heavy atom. The van der Waals surface area contributed by atoms with Crippen LogP contribution in [0.2, 0.25) is 0 Å². The van der Waals surface area contributed by atoms with Crippen LogP contribution in [0.4, 0.5) is 0 Å². The fourth-order valence-corrected chi connectivity index (χ4v) is 2.88. The summed E-state index contributed by atoms with van der Waals surface area (Å²) in [7, 11) is 1.26. The molecule has 0 radical (unpaired) electrons. The van der Waals surface area contributed by atoms with E-state index in [1.54, 1.807) is 12.1 Å². The van der Waals surface area contributed by atoms with Crippen molar-refractivity contribution in [1.82, 2.24) is 0 Å². The molecule has 0 bridgehead atoms. The molecule has 0 fully saturated rings. The summed E-state index contributed by atoms with van der Waals surface area (Å²) in [5.41, 5.74) is 7.01. The number of rotatable bonds is 7.